The van der Waals surface area contributed by atoms with Gasteiger partial charge in [-0.15, -0.1) is 0 Å². The lowest BCUT2D eigenvalue weighted by atomic mass is 10.1. The molecule has 3 aliphatic rings. The summed E-state index contributed by atoms with van der Waals surface area (Å²) in [5.41, 5.74) is 3.55. The number of anilines is 2. The minimum absolute atomic E-state index is 0.133. The van der Waals surface area contributed by atoms with Crippen LogP contribution in [0.3, 0.4) is 0 Å². The Kier molecular flexibility index (Phi) is 5.20. The number of nitrogens with one attached hydrogen (secondary N) is 1. The normalized spacial score (nSPS) is 19.5. The van der Waals surface area contributed by atoms with Crippen molar-refractivity contribution in [3.05, 3.63) is 22.9 Å². The van der Waals surface area contributed by atoms with E-state index in [1.54, 1.807) is 0 Å². The molecule has 1 saturated carbocycles. The number of amides is 2. The summed E-state index contributed by atoms with van der Waals surface area (Å²) in [4.78, 5) is 39.8. The van der Waals surface area contributed by atoms with Crippen molar-refractivity contribution in [3.63, 3.8) is 0 Å². The van der Waals surface area contributed by atoms with Crippen LogP contribution in [-0.2, 0) is 11.3 Å². The van der Waals surface area contributed by atoms with Crippen LogP contribution in [0.25, 0.3) is 10.6 Å². The molecule has 1 saturated heterocycles. The third-order valence-corrected chi connectivity index (χ3v) is 7.76. The van der Waals surface area contributed by atoms with Crippen LogP contribution in [0.15, 0.2) is 6.07 Å². The van der Waals surface area contributed by atoms with Crippen LogP contribution >= 0.6 is 11.3 Å². The molecule has 0 aromatic carbocycles. The number of thiazole rings is 1. The number of pyridine rings is 1. The molecular formula is C23H29N5O2S. The van der Waals surface area contributed by atoms with Gasteiger partial charge in [-0.25, -0.2) is 9.97 Å². The smallest absolute Gasteiger partial charge is 0.258 e. The highest BCUT2D eigenvalue weighted by Gasteiger charge is 2.41. The molecule has 2 aromatic rings. The van der Waals surface area contributed by atoms with Gasteiger partial charge in [-0.1, -0.05) is 11.3 Å². The Morgan fingerprint density at radius 1 is 1.23 bits per heavy atom. The zero-order valence-electron chi connectivity index (χ0n) is 18.4. The SMILES string of the molecule is CC(=O)Nc1nc(C)c(-c2cc3c(c(N4CCCCC4)n2)C(=O)N([C@@H](C)C2CC2)C3)s1. The highest BCUT2D eigenvalue weighted by molar-refractivity contribution is 7.19. The first-order chi connectivity index (χ1) is 14.9. The van der Waals surface area contributed by atoms with Crippen LogP contribution in [0.1, 0.15) is 67.6 Å². The molecule has 7 nitrogen and oxygen atoms in total. The second-order valence-electron chi connectivity index (χ2n) is 9.04. The number of rotatable bonds is 5. The highest BCUT2D eigenvalue weighted by Crippen LogP contribution is 2.42. The molecule has 1 atom stereocenters. The Hall–Kier alpha value is -2.48. The maximum absolute atomic E-state index is 13.5. The number of hydrogen-bond donors (Lipinski definition) is 1. The summed E-state index contributed by atoms with van der Waals surface area (Å²) in [5.74, 6) is 1.46. The van der Waals surface area contributed by atoms with Crippen LogP contribution in [0.5, 0.6) is 0 Å². The quantitative estimate of drug-likeness (QED) is 0.755. The van der Waals surface area contributed by atoms with Crippen molar-refractivity contribution >= 4 is 34.1 Å². The van der Waals surface area contributed by atoms with E-state index in [1.165, 1.54) is 37.5 Å². The van der Waals surface area contributed by atoms with Crippen LogP contribution in [-0.4, -0.2) is 45.8 Å². The fraction of sp³-hybridized carbons (Fsp3) is 0.565. The lowest BCUT2D eigenvalue weighted by Crippen LogP contribution is -2.36. The zero-order chi connectivity index (χ0) is 21.7. The Morgan fingerprint density at radius 2 is 1.97 bits per heavy atom. The van der Waals surface area contributed by atoms with Crippen LogP contribution in [0.2, 0.25) is 0 Å². The Bertz CT molecular complexity index is 1040. The third kappa shape index (κ3) is 3.82. The van der Waals surface area contributed by atoms with Gasteiger partial charge in [0.15, 0.2) is 5.13 Å². The largest absolute Gasteiger partial charge is 0.356 e. The number of carbonyl (C=O) groups excluding carboxylic acids is 2. The molecule has 2 amide bonds. The minimum atomic E-state index is -0.133. The highest BCUT2D eigenvalue weighted by atomic mass is 32.1. The predicted molar refractivity (Wildman–Crippen MR) is 123 cm³/mol. The molecule has 4 heterocycles. The van der Waals surface area contributed by atoms with Crippen molar-refractivity contribution in [2.45, 2.75) is 65.5 Å². The van der Waals surface area contributed by atoms with E-state index in [1.807, 2.05) is 11.8 Å². The van der Waals surface area contributed by atoms with E-state index < -0.39 is 0 Å². The number of hydrogen-bond acceptors (Lipinski definition) is 6. The summed E-state index contributed by atoms with van der Waals surface area (Å²) in [5, 5.41) is 3.37. The second-order valence-corrected chi connectivity index (χ2v) is 10.0. The maximum Gasteiger partial charge on any atom is 0.258 e. The number of fused-ring (bicyclic) bond motifs is 1. The van der Waals surface area contributed by atoms with Gasteiger partial charge in [0, 0.05) is 32.6 Å². The molecule has 2 fully saturated rings. The molecule has 0 radical (unpaired) electrons. The first kappa shape index (κ1) is 20.4. The monoisotopic (exact) mass is 439 g/mol. The molecular weight excluding hydrogens is 410 g/mol. The number of aryl methyl sites for hydroxylation is 1. The topological polar surface area (TPSA) is 78.4 Å². The second kappa shape index (κ2) is 7.89. The van der Waals surface area contributed by atoms with E-state index in [2.05, 4.69) is 28.2 Å². The summed E-state index contributed by atoms with van der Waals surface area (Å²) in [7, 11) is 0. The van der Waals surface area contributed by atoms with Crippen molar-refractivity contribution < 1.29 is 9.59 Å². The summed E-state index contributed by atoms with van der Waals surface area (Å²) in [6.07, 6.45) is 5.92. The third-order valence-electron chi connectivity index (χ3n) is 6.66. The van der Waals surface area contributed by atoms with Gasteiger partial charge in [-0.05, 0) is 63.5 Å². The van der Waals surface area contributed by atoms with Gasteiger partial charge in [-0.3, -0.25) is 9.59 Å². The zero-order valence-corrected chi connectivity index (χ0v) is 19.2. The van der Waals surface area contributed by atoms with E-state index in [0.717, 1.165) is 59.1 Å². The van der Waals surface area contributed by atoms with E-state index in [9.17, 15) is 9.59 Å². The van der Waals surface area contributed by atoms with E-state index in [0.29, 0.717) is 17.6 Å². The fourth-order valence-electron chi connectivity index (χ4n) is 4.79. The fourth-order valence-corrected chi connectivity index (χ4v) is 5.76. The van der Waals surface area contributed by atoms with E-state index in [4.69, 9.17) is 4.98 Å². The van der Waals surface area contributed by atoms with Crippen LogP contribution < -0.4 is 10.2 Å². The minimum Gasteiger partial charge on any atom is -0.356 e. The lowest BCUT2D eigenvalue weighted by molar-refractivity contribution is -0.114. The van der Waals surface area contributed by atoms with Crippen molar-refractivity contribution in [1.82, 2.24) is 14.9 Å². The number of carbonyl (C=O) groups is 2. The van der Waals surface area contributed by atoms with E-state index >= 15 is 0 Å². The molecule has 1 aliphatic carbocycles. The summed E-state index contributed by atoms with van der Waals surface area (Å²) in [6, 6.07) is 2.34. The molecule has 1 N–H and O–H groups in total. The van der Waals surface area contributed by atoms with Crippen molar-refractivity contribution in [2.75, 3.05) is 23.3 Å². The van der Waals surface area contributed by atoms with Crippen molar-refractivity contribution in [3.8, 4) is 10.6 Å². The molecule has 5 rings (SSSR count). The molecule has 8 heteroatoms. The van der Waals surface area contributed by atoms with Crippen molar-refractivity contribution in [1.29, 1.82) is 0 Å². The standard InChI is InChI=1S/C23H29N5O2S/c1-13-20(31-23(24-13)25-15(3)29)18-11-17-12-28(14(2)16-7-8-16)22(30)19(17)21(26-18)27-9-5-4-6-10-27/h11,14,16H,4-10,12H2,1-3H3,(H,24,25,29)/t14-/m0/s1. The number of piperidine rings is 1. The van der Waals surface area contributed by atoms with Gasteiger partial charge < -0.3 is 15.1 Å². The summed E-state index contributed by atoms with van der Waals surface area (Å²) in [6.45, 7) is 8.14. The van der Waals surface area contributed by atoms with Crippen molar-refractivity contribution in [2.24, 2.45) is 5.92 Å². The summed E-state index contributed by atoms with van der Waals surface area (Å²) < 4.78 is 0. The molecule has 31 heavy (non-hydrogen) atoms. The Morgan fingerprint density at radius 3 is 2.65 bits per heavy atom. The van der Waals surface area contributed by atoms with Crippen LogP contribution in [0.4, 0.5) is 10.9 Å². The Labute approximate surface area is 186 Å². The van der Waals surface area contributed by atoms with Gasteiger partial charge in [0.1, 0.15) is 5.82 Å². The Balaban J connectivity index is 1.57. The molecule has 0 bridgehead atoms. The molecule has 0 spiro atoms. The van der Waals surface area contributed by atoms with Gasteiger partial charge in [0.05, 0.1) is 21.8 Å². The maximum atomic E-state index is 13.5. The summed E-state index contributed by atoms with van der Waals surface area (Å²) >= 11 is 1.44. The number of nitrogens with zero attached hydrogens (tertiary/aromatic N) is 4. The molecule has 2 aliphatic heterocycles. The average molecular weight is 440 g/mol. The molecule has 2 aromatic heterocycles. The number of aromatic nitrogens is 2. The predicted octanol–water partition coefficient (Wildman–Crippen LogP) is 4.22. The molecule has 164 valence electrons. The van der Waals surface area contributed by atoms with Gasteiger partial charge >= 0.3 is 0 Å². The lowest BCUT2D eigenvalue weighted by Gasteiger charge is -2.29. The van der Waals surface area contributed by atoms with E-state index in [-0.39, 0.29) is 17.9 Å². The van der Waals surface area contributed by atoms with Gasteiger partial charge in [0.25, 0.3) is 5.91 Å². The molecule has 0 unspecified atom stereocenters. The first-order valence-corrected chi connectivity index (χ1v) is 12.1. The van der Waals surface area contributed by atoms with Gasteiger partial charge in [-0.2, -0.15) is 0 Å². The van der Waals surface area contributed by atoms with Crippen LogP contribution in [0, 0.1) is 12.8 Å². The average Bonchev–Trinajstić information content (AvgIpc) is 3.46. The first-order valence-electron chi connectivity index (χ1n) is 11.3. The van der Waals surface area contributed by atoms with Gasteiger partial charge in [0.2, 0.25) is 5.91 Å².